The van der Waals surface area contributed by atoms with Crippen molar-refractivity contribution in [1.29, 1.82) is 0 Å². The van der Waals surface area contributed by atoms with E-state index in [9.17, 15) is 8.78 Å². The molecule has 1 aliphatic carbocycles. The van der Waals surface area contributed by atoms with E-state index in [4.69, 9.17) is 0 Å². The molecule has 0 spiro atoms. The summed E-state index contributed by atoms with van der Waals surface area (Å²) >= 11 is 0. The fourth-order valence-corrected chi connectivity index (χ4v) is 0.481. The van der Waals surface area contributed by atoms with Crippen molar-refractivity contribution < 1.29 is 8.78 Å². The van der Waals surface area contributed by atoms with Gasteiger partial charge in [0.2, 0.25) is 0 Å². The number of hydrogen-bond donors (Lipinski definition) is 0. The molecule has 1 aliphatic rings. The third-order valence-electron chi connectivity index (χ3n) is 0.828. The molecule has 0 aromatic heterocycles. The Morgan fingerprint density at radius 2 is 2.25 bits per heavy atom. The molecule has 0 nitrogen and oxygen atoms in total. The van der Waals surface area contributed by atoms with Crippen LogP contribution < -0.4 is 0 Å². The summed E-state index contributed by atoms with van der Waals surface area (Å²) < 4.78 is 23.9. The second kappa shape index (κ2) is 2.07. The fraction of sp³-hybridized carbons (Fsp3) is 0.167. The molecule has 0 saturated carbocycles. The first kappa shape index (κ1) is 5.48. The smallest absolute Gasteiger partial charge is 0.173 e. The molecule has 2 radical (unpaired) electrons. The van der Waals surface area contributed by atoms with Gasteiger partial charge in [0.25, 0.3) is 0 Å². The zero-order valence-corrected chi connectivity index (χ0v) is 4.12. The first-order valence-electron chi connectivity index (χ1n) is 2.25. The monoisotopic (exact) mass is 114 g/mol. The van der Waals surface area contributed by atoms with Crippen molar-refractivity contribution in [2.45, 2.75) is 6.42 Å². The summed E-state index contributed by atoms with van der Waals surface area (Å²) in [7, 11) is 0. The topological polar surface area (TPSA) is 0 Å². The summed E-state index contributed by atoms with van der Waals surface area (Å²) in [4.78, 5) is 0. The Kier molecular flexibility index (Phi) is 1.42. The highest BCUT2D eigenvalue weighted by Crippen LogP contribution is 2.20. The van der Waals surface area contributed by atoms with Crippen LogP contribution in [-0.2, 0) is 0 Å². The minimum atomic E-state index is -0.537. The van der Waals surface area contributed by atoms with Crippen molar-refractivity contribution in [3.05, 3.63) is 30.2 Å². The molecule has 1 rings (SSSR count). The first-order valence-corrected chi connectivity index (χ1v) is 2.25. The van der Waals surface area contributed by atoms with Gasteiger partial charge in [-0.1, -0.05) is 6.08 Å². The van der Waals surface area contributed by atoms with E-state index in [1.54, 1.807) is 0 Å². The summed E-state index contributed by atoms with van der Waals surface area (Å²) in [5.74, 6) is -0.537. The van der Waals surface area contributed by atoms with E-state index < -0.39 is 12.0 Å². The van der Waals surface area contributed by atoms with Crippen molar-refractivity contribution in [3.8, 4) is 0 Å². The predicted octanol–water partition coefficient (Wildman–Crippen LogP) is 2.10. The van der Waals surface area contributed by atoms with Crippen LogP contribution in [0, 0.1) is 12.2 Å². The lowest BCUT2D eigenvalue weighted by molar-refractivity contribution is 0.475. The maximum absolute atomic E-state index is 12.0. The predicted molar refractivity (Wildman–Crippen MR) is 26.0 cm³/mol. The Hall–Kier alpha value is -0.660. The molecule has 8 heavy (non-hydrogen) atoms. The molecule has 0 aromatic carbocycles. The molecule has 2 heteroatoms. The lowest BCUT2D eigenvalue weighted by Crippen LogP contribution is -1.88. The Morgan fingerprint density at radius 1 is 1.50 bits per heavy atom. The molecule has 0 unspecified atom stereocenters. The number of hydrogen-bond acceptors (Lipinski definition) is 0. The highest BCUT2D eigenvalue weighted by molar-refractivity contribution is 5.18. The molecular formula is C6H4F2. The van der Waals surface area contributed by atoms with Crippen LogP contribution in [0.4, 0.5) is 8.78 Å². The first-order chi connectivity index (χ1) is 3.79. The molecule has 0 aromatic rings. The molecule has 0 amide bonds. The normalized spacial score (nSPS) is 21.0. The molecule has 0 saturated heterocycles. The standard InChI is InChI=1S/C6H4F2/c7-5-2-1-3-6(8)4-5/h1-2H,4H2. The van der Waals surface area contributed by atoms with Crippen LogP contribution in [-0.4, -0.2) is 0 Å². The van der Waals surface area contributed by atoms with Crippen LogP contribution >= 0.6 is 0 Å². The highest BCUT2D eigenvalue weighted by Gasteiger charge is 2.09. The Morgan fingerprint density at radius 3 is 2.62 bits per heavy atom. The van der Waals surface area contributed by atoms with E-state index in [0.29, 0.717) is 0 Å². The number of halogens is 2. The Bertz CT molecular complexity index is 135. The van der Waals surface area contributed by atoms with Gasteiger partial charge in [0.05, 0.1) is 0 Å². The molecular weight excluding hydrogens is 110 g/mol. The van der Waals surface area contributed by atoms with E-state index in [1.807, 2.05) is 0 Å². The van der Waals surface area contributed by atoms with Crippen molar-refractivity contribution in [1.82, 2.24) is 0 Å². The van der Waals surface area contributed by atoms with Gasteiger partial charge in [-0.3, -0.25) is 0 Å². The van der Waals surface area contributed by atoms with E-state index in [-0.39, 0.29) is 6.42 Å². The van der Waals surface area contributed by atoms with Gasteiger partial charge in [0.15, 0.2) is 6.17 Å². The third kappa shape index (κ3) is 1.15. The lowest BCUT2D eigenvalue weighted by Gasteiger charge is -2.00. The average molecular weight is 114 g/mol. The van der Waals surface area contributed by atoms with Gasteiger partial charge in [0.1, 0.15) is 5.83 Å². The van der Waals surface area contributed by atoms with Gasteiger partial charge < -0.3 is 0 Å². The molecule has 0 bridgehead atoms. The number of allylic oxidation sites excluding steroid dienone is 4. The van der Waals surface area contributed by atoms with Gasteiger partial charge in [-0.15, -0.1) is 0 Å². The Labute approximate surface area is 46.5 Å². The molecule has 0 heterocycles. The second-order valence-corrected chi connectivity index (χ2v) is 1.51. The van der Waals surface area contributed by atoms with Crippen molar-refractivity contribution in [3.63, 3.8) is 0 Å². The maximum Gasteiger partial charge on any atom is 0.173 e. The molecule has 0 fully saturated rings. The summed E-state index contributed by atoms with van der Waals surface area (Å²) in [6, 6.07) is 0. The van der Waals surface area contributed by atoms with Gasteiger partial charge in [-0.05, 0) is 6.08 Å². The van der Waals surface area contributed by atoms with E-state index in [1.165, 1.54) is 12.2 Å². The average Bonchev–Trinajstić information content (AvgIpc) is 1.64. The molecule has 0 atom stereocenters. The molecule has 42 valence electrons. The van der Waals surface area contributed by atoms with E-state index in [0.717, 1.165) is 0 Å². The summed E-state index contributed by atoms with van der Waals surface area (Å²) in [5.41, 5.74) is 0. The van der Waals surface area contributed by atoms with Crippen LogP contribution in [0.2, 0.25) is 0 Å². The van der Waals surface area contributed by atoms with Gasteiger partial charge in [0, 0.05) is 12.5 Å². The van der Waals surface area contributed by atoms with Crippen molar-refractivity contribution in [2.75, 3.05) is 0 Å². The van der Waals surface area contributed by atoms with Crippen molar-refractivity contribution in [2.24, 2.45) is 0 Å². The van der Waals surface area contributed by atoms with Crippen LogP contribution in [0.25, 0.3) is 0 Å². The van der Waals surface area contributed by atoms with Gasteiger partial charge >= 0.3 is 0 Å². The van der Waals surface area contributed by atoms with Crippen LogP contribution in [0.15, 0.2) is 18.0 Å². The molecule has 0 aliphatic heterocycles. The maximum atomic E-state index is 12.0. The summed E-state index contributed by atoms with van der Waals surface area (Å²) in [6.07, 6.45) is 3.98. The largest absolute Gasteiger partial charge is 0.235 e. The Balaban J connectivity index is 2.59. The zero-order chi connectivity index (χ0) is 5.98. The van der Waals surface area contributed by atoms with Crippen molar-refractivity contribution >= 4 is 0 Å². The van der Waals surface area contributed by atoms with E-state index in [2.05, 4.69) is 6.08 Å². The molecule has 0 N–H and O–H groups in total. The van der Waals surface area contributed by atoms with E-state index >= 15 is 0 Å². The highest BCUT2D eigenvalue weighted by atomic mass is 19.1. The lowest BCUT2D eigenvalue weighted by atomic mass is 10.1. The zero-order valence-electron chi connectivity index (χ0n) is 4.12. The minimum absolute atomic E-state index is 0.226. The summed E-state index contributed by atoms with van der Waals surface area (Å²) in [5, 5.41) is 0. The van der Waals surface area contributed by atoms with Crippen LogP contribution in [0.1, 0.15) is 6.42 Å². The fourth-order valence-electron chi connectivity index (χ4n) is 0.481. The SMILES string of the molecule is F[C]1C=C[C]=C(F)C1. The number of rotatable bonds is 0. The minimum Gasteiger partial charge on any atom is -0.235 e. The van der Waals surface area contributed by atoms with Crippen LogP contribution in [0.3, 0.4) is 0 Å². The van der Waals surface area contributed by atoms with Crippen LogP contribution in [0.5, 0.6) is 0 Å². The van der Waals surface area contributed by atoms with Gasteiger partial charge in [-0.25, -0.2) is 8.78 Å². The quantitative estimate of drug-likeness (QED) is 0.452. The summed E-state index contributed by atoms with van der Waals surface area (Å²) in [6.45, 7) is 0. The third-order valence-corrected chi connectivity index (χ3v) is 0.828. The van der Waals surface area contributed by atoms with Gasteiger partial charge in [-0.2, -0.15) is 0 Å². The second-order valence-electron chi connectivity index (χ2n) is 1.51.